The summed E-state index contributed by atoms with van der Waals surface area (Å²) in [6, 6.07) is 17.8. The number of fused-ring (bicyclic) bond motifs is 1. The number of aromatic amines is 1. The molecule has 2 nitrogen and oxygen atoms in total. The maximum Gasteiger partial charge on any atom is 0.115 e. The molecule has 3 aromatic rings. The number of aromatic nitrogens is 1. The van der Waals surface area contributed by atoms with Crippen molar-refractivity contribution >= 4 is 10.9 Å². The third kappa shape index (κ3) is 2.02. The van der Waals surface area contributed by atoms with E-state index in [4.69, 9.17) is 0 Å². The summed E-state index contributed by atoms with van der Waals surface area (Å²) in [5.41, 5.74) is 3.43. The molecule has 2 N–H and O–H groups in total. The standard InChI is InChI=1S/C15H13NO/c17-14-6-3-4-11(9-14)8-13-10-12-5-1-2-7-15(12)16-13/h1-7,9-10,16-17H,8H2. The molecular formula is C15H13NO. The number of benzene rings is 2. The Morgan fingerprint density at radius 2 is 1.82 bits per heavy atom. The van der Waals surface area contributed by atoms with Gasteiger partial charge >= 0.3 is 0 Å². The van der Waals surface area contributed by atoms with E-state index >= 15 is 0 Å². The minimum atomic E-state index is 0.318. The van der Waals surface area contributed by atoms with Gasteiger partial charge in [0, 0.05) is 17.6 Å². The molecule has 0 spiro atoms. The van der Waals surface area contributed by atoms with Crippen molar-refractivity contribution in [2.45, 2.75) is 6.42 Å². The van der Waals surface area contributed by atoms with Gasteiger partial charge in [-0.15, -0.1) is 0 Å². The average Bonchev–Trinajstić information content (AvgIpc) is 2.71. The zero-order chi connectivity index (χ0) is 11.7. The number of para-hydroxylation sites is 1. The van der Waals surface area contributed by atoms with Crippen LogP contribution in [0.15, 0.2) is 54.6 Å². The first-order chi connectivity index (χ1) is 8.31. The Morgan fingerprint density at radius 1 is 0.941 bits per heavy atom. The van der Waals surface area contributed by atoms with E-state index in [9.17, 15) is 5.11 Å². The lowest BCUT2D eigenvalue weighted by atomic mass is 10.1. The topological polar surface area (TPSA) is 36.0 Å². The van der Waals surface area contributed by atoms with Gasteiger partial charge in [0.2, 0.25) is 0 Å². The number of phenols is 1. The molecule has 17 heavy (non-hydrogen) atoms. The van der Waals surface area contributed by atoms with E-state index in [0.29, 0.717) is 5.75 Å². The number of hydrogen-bond acceptors (Lipinski definition) is 1. The van der Waals surface area contributed by atoms with Gasteiger partial charge in [0.15, 0.2) is 0 Å². The molecule has 0 saturated carbocycles. The van der Waals surface area contributed by atoms with Crippen molar-refractivity contribution in [2.75, 3.05) is 0 Å². The van der Waals surface area contributed by atoms with Crippen molar-refractivity contribution in [1.29, 1.82) is 0 Å². The Labute approximate surface area is 99.5 Å². The number of rotatable bonds is 2. The van der Waals surface area contributed by atoms with Crippen LogP contribution in [0.1, 0.15) is 11.3 Å². The number of H-pyrrole nitrogens is 1. The summed E-state index contributed by atoms with van der Waals surface area (Å²) in [5, 5.41) is 10.6. The molecule has 0 aliphatic rings. The first-order valence-corrected chi connectivity index (χ1v) is 5.66. The van der Waals surface area contributed by atoms with E-state index in [1.807, 2.05) is 24.3 Å². The second-order valence-electron chi connectivity index (χ2n) is 4.23. The van der Waals surface area contributed by atoms with Gasteiger partial charge in [-0.1, -0.05) is 30.3 Å². The van der Waals surface area contributed by atoms with Crippen LogP contribution in [0.25, 0.3) is 10.9 Å². The van der Waals surface area contributed by atoms with E-state index in [1.54, 1.807) is 12.1 Å². The maximum absolute atomic E-state index is 9.42. The van der Waals surface area contributed by atoms with Crippen LogP contribution in [0, 0.1) is 0 Å². The fraction of sp³-hybridized carbons (Fsp3) is 0.0667. The highest BCUT2D eigenvalue weighted by Gasteiger charge is 2.01. The van der Waals surface area contributed by atoms with Crippen LogP contribution >= 0.6 is 0 Å². The highest BCUT2D eigenvalue weighted by molar-refractivity contribution is 5.80. The van der Waals surface area contributed by atoms with E-state index in [-0.39, 0.29) is 0 Å². The zero-order valence-corrected chi connectivity index (χ0v) is 9.35. The summed E-state index contributed by atoms with van der Waals surface area (Å²) in [5.74, 6) is 0.318. The summed E-state index contributed by atoms with van der Waals surface area (Å²) in [4.78, 5) is 3.38. The fourth-order valence-corrected chi connectivity index (χ4v) is 2.12. The summed E-state index contributed by atoms with van der Waals surface area (Å²) in [6.07, 6.45) is 0.809. The Kier molecular flexibility index (Phi) is 2.33. The molecule has 0 fully saturated rings. The molecule has 84 valence electrons. The lowest BCUT2D eigenvalue weighted by Crippen LogP contribution is -1.87. The Balaban J connectivity index is 1.94. The predicted octanol–water partition coefficient (Wildman–Crippen LogP) is 3.46. The van der Waals surface area contributed by atoms with Crippen LogP contribution < -0.4 is 0 Å². The Morgan fingerprint density at radius 3 is 2.65 bits per heavy atom. The van der Waals surface area contributed by atoms with Gasteiger partial charge in [-0.25, -0.2) is 0 Å². The molecule has 0 radical (unpaired) electrons. The molecular weight excluding hydrogens is 210 g/mol. The maximum atomic E-state index is 9.42. The van der Waals surface area contributed by atoms with Crippen LogP contribution in [0.4, 0.5) is 0 Å². The largest absolute Gasteiger partial charge is 0.508 e. The first-order valence-electron chi connectivity index (χ1n) is 5.66. The van der Waals surface area contributed by atoms with E-state index in [2.05, 4.69) is 23.2 Å². The quantitative estimate of drug-likeness (QED) is 0.685. The van der Waals surface area contributed by atoms with Gasteiger partial charge in [-0.2, -0.15) is 0 Å². The predicted molar refractivity (Wildman–Crippen MR) is 69.2 cm³/mol. The van der Waals surface area contributed by atoms with Crippen LogP contribution in [-0.2, 0) is 6.42 Å². The number of phenolic OH excluding ortho intramolecular Hbond substituents is 1. The van der Waals surface area contributed by atoms with Crippen molar-refractivity contribution in [3.05, 3.63) is 65.9 Å². The molecule has 3 rings (SSSR count). The third-order valence-corrected chi connectivity index (χ3v) is 2.89. The SMILES string of the molecule is Oc1cccc(Cc2cc3ccccc3[nH]2)c1. The summed E-state index contributed by atoms with van der Waals surface area (Å²) in [6.45, 7) is 0. The highest BCUT2D eigenvalue weighted by Crippen LogP contribution is 2.19. The second-order valence-corrected chi connectivity index (χ2v) is 4.23. The van der Waals surface area contributed by atoms with Crippen LogP contribution in [0.3, 0.4) is 0 Å². The number of hydrogen-bond donors (Lipinski definition) is 2. The summed E-state index contributed by atoms with van der Waals surface area (Å²) in [7, 11) is 0. The van der Waals surface area contributed by atoms with Gasteiger partial charge in [-0.05, 0) is 35.2 Å². The van der Waals surface area contributed by atoms with Gasteiger partial charge in [0.05, 0.1) is 0 Å². The second kappa shape index (κ2) is 3.98. The van der Waals surface area contributed by atoms with Gasteiger partial charge in [0.25, 0.3) is 0 Å². The highest BCUT2D eigenvalue weighted by atomic mass is 16.3. The minimum absolute atomic E-state index is 0.318. The van der Waals surface area contributed by atoms with Crippen molar-refractivity contribution in [2.24, 2.45) is 0 Å². The normalized spacial score (nSPS) is 10.8. The third-order valence-electron chi connectivity index (χ3n) is 2.89. The lowest BCUT2D eigenvalue weighted by Gasteiger charge is -1.99. The van der Waals surface area contributed by atoms with Gasteiger partial charge in [0.1, 0.15) is 5.75 Å². The van der Waals surface area contributed by atoms with Crippen molar-refractivity contribution in [3.63, 3.8) is 0 Å². The molecule has 0 bridgehead atoms. The van der Waals surface area contributed by atoms with E-state index in [1.165, 1.54) is 5.39 Å². The van der Waals surface area contributed by atoms with Crippen molar-refractivity contribution in [1.82, 2.24) is 4.98 Å². The van der Waals surface area contributed by atoms with Gasteiger partial charge in [-0.3, -0.25) is 0 Å². The van der Waals surface area contributed by atoms with Crippen LogP contribution in [-0.4, -0.2) is 10.1 Å². The first kappa shape index (κ1) is 9.97. The minimum Gasteiger partial charge on any atom is -0.508 e. The van der Waals surface area contributed by atoms with Gasteiger partial charge < -0.3 is 10.1 Å². The molecule has 2 aromatic carbocycles. The molecule has 1 aromatic heterocycles. The fourth-order valence-electron chi connectivity index (χ4n) is 2.12. The monoisotopic (exact) mass is 223 g/mol. The number of aromatic hydroxyl groups is 1. The molecule has 0 aliphatic heterocycles. The van der Waals surface area contributed by atoms with Crippen molar-refractivity contribution < 1.29 is 5.11 Å². The zero-order valence-electron chi connectivity index (χ0n) is 9.35. The molecule has 0 amide bonds. The Bertz CT molecular complexity index is 622. The van der Waals surface area contributed by atoms with Crippen LogP contribution in [0.2, 0.25) is 0 Å². The van der Waals surface area contributed by atoms with E-state index in [0.717, 1.165) is 23.2 Å². The summed E-state index contributed by atoms with van der Waals surface area (Å²) >= 11 is 0. The molecule has 0 unspecified atom stereocenters. The van der Waals surface area contributed by atoms with E-state index < -0.39 is 0 Å². The number of nitrogens with one attached hydrogen (secondary N) is 1. The van der Waals surface area contributed by atoms with Crippen molar-refractivity contribution in [3.8, 4) is 5.75 Å². The molecule has 0 atom stereocenters. The summed E-state index contributed by atoms with van der Waals surface area (Å²) < 4.78 is 0. The molecule has 0 aliphatic carbocycles. The molecule has 1 heterocycles. The molecule has 0 saturated heterocycles. The smallest absolute Gasteiger partial charge is 0.115 e. The van der Waals surface area contributed by atoms with Crippen LogP contribution in [0.5, 0.6) is 5.75 Å². The lowest BCUT2D eigenvalue weighted by molar-refractivity contribution is 0.474. The average molecular weight is 223 g/mol. The molecule has 2 heteroatoms. The Hall–Kier alpha value is -2.22.